The number of amides is 1. The normalized spacial score (nSPS) is 10.8. The third-order valence-electron chi connectivity index (χ3n) is 3.94. The first-order valence-corrected chi connectivity index (χ1v) is 11.4. The van der Waals surface area contributed by atoms with Crippen LogP contribution in [0.15, 0.2) is 69.7 Å². The Hall–Kier alpha value is -2.48. The Morgan fingerprint density at radius 2 is 1.71 bits per heavy atom. The van der Waals surface area contributed by atoms with E-state index in [0.29, 0.717) is 5.75 Å². The predicted octanol–water partition coefficient (Wildman–Crippen LogP) is 5.97. The minimum Gasteiger partial charge on any atom is -0.325 e. The van der Waals surface area contributed by atoms with Crippen molar-refractivity contribution in [2.45, 2.75) is 11.3 Å². The molecule has 0 aliphatic rings. The monoisotopic (exact) mass is 423 g/mol. The number of anilines is 1. The number of nitrogens with zero attached hydrogens (tertiary/aromatic N) is 2. The van der Waals surface area contributed by atoms with E-state index in [2.05, 4.69) is 15.3 Å². The lowest BCUT2D eigenvalue weighted by molar-refractivity contribution is -0.113. The fourth-order valence-corrected chi connectivity index (χ4v) is 4.90. The van der Waals surface area contributed by atoms with Crippen LogP contribution in [-0.4, -0.2) is 21.6 Å². The van der Waals surface area contributed by atoms with Crippen molar-refractivity contribution in [1.29, 1.82) is 0 Å². The van der Waals surface area contributed by atoms with Crippen LogP contribution in [0, 0.1) is 6.92 Å². The van der Waals surface area contributed by atoms with E-state index in [0.717, 1.165) is 37.5 Å². The topological polar surface area (TPSA) is 54.9 Å². The molecule has 0 saturated carbocycles. The van der Waals surface area contributed by atoms with Gasteiger partial charge in [-0.05, 0) is 19.1 Å². The van der Waals surface area contributed by atoms with E-state index in [9.17, 15) is 4.79 Å². The molecule has 0 radical (unpaired) electrons. The van der Waals surface area contributed by atoms with E-state index in [4.69, 9.17) is 0 Å². The Labute approximate surface area is 175 Å². The average molecular weight is 424 g/mol. The van der Waals surface area contributed by atoms with Crippen molar-refractivity contribution < 1.29 is 4.79 Å². The third kappa shape index (κ3) is 4.67. The second-order valence-electron chi connectivity index (χ2n) is 6.03. The van der Waals surface area contributed by atoms with Crippen molar-refractivity contribution in [3.8, 4) is 22.5 Å². The molecule has 7 heteroatoms. The summed E-state index contributed by atoms with van der Waals surface area (Å²) in [5.41, 5.74) is 4.74. The number of nitrogens with one attached hydrogen (secondary N) is 1. The van der Waals surface area contributed by atoms with Crippen LogP contribution in [0.5, 0.6) is 0 Å². The van der Waals surface area contributed by atoms with Gasteiger partial charge in [0.2, 0.25) is 5.91 Å². The van der Waals surface area contributed by atoms with Gasteiger partial charge in [-0.25, -0.2) is 9.97 Å². The van der Waals surface area contributed by atoms with Crippen LogP contribution in [0.2, 0.25) is 0 Å². The van der Waals surface area contributed by atoms with Gasteiger partial charge in [0.05, 0.1) is 22.1 Å². The highest BCUT2D eigenvalue weighted by Crippen LogP contribution is 2.28. The lowest BCUT2D eigenvalue weighted by Crippen LogP contribution is -2.13. The largest absolute Gasteiger partial charge is 0.325 e. The molecule has 0 bridgehead atoms. The van der Waals surface area contributed by atoms with E-state index in [1.54, 1.807) is 22.7 Å². The summed E-state index contributed by atoms with van der Waals surface area (Å²) >= 11 is 4.63. The molecule has 0 spiro atoms. The summed E-state index contributed by atoms with van der Waals surface area (Å²) in [6.45, 7) is 1.98. The molecular formula is C21H17N3OS3. The standard InChI is InChI=1S/C21H17N3OS3/c1-14-22-19(11-26-14)16-8-5-9-17(10-16)23-20(25)13-28-21-24-18(12-27-21)15-6-3-2-4-7-15/h2-12H,13H2,1H3,(H,23,25). The summed E-state index contributed by atoms with van der Waals surface area (Å²) < 4.78 is 0.890. The first kappa shape index (κ1) is 18.9. The second-order valence-corrected chi connectivity index (χ2v) is 9.18. The van der Waals surface area contributed by atoms with E-state index >= 15 is 0 Å². The van der Waals surface area contributed by atoms with E-state index < -0.39 is 0 Å². The quantitative estimate of drug-likeness (QED) is 0.388. The number of rotatable bonds is 6. The first-order chi connectivity index (χ1) is 13.7. The molecule has 2 aromatic carbocycles. The molecule has 0 atom stereocenters. The Bertz CT molecular complexity index is 1090. The Morgan fingerprint density at radius 3 is 2.50 bits per heavy atom. The number of carbonyl (C=O) groups excluding carboxylic acids is 1. The van der Waals surface area contributed by atoms with Crippen molar-refractivity contribution in [2.24, 2.45) is 0 Å². The van der Waals surface area contributed by atoms with Gasteiger partial charge in [-0.3, -0.25) is 4.79 Å². The number of aromatic nitrogens is 2. The number of benzene rings is 2. The van der Waals surface area contributed by atoms with Gasteiger partial charge in [-0.1, -0.05) is 54.2 Å². The average Bonchev–Trinajstić information content (AvgIpc) is 3.36. The van der Waals surface area contributed by atoms with Crippen LogP contribution in [0.3, 0.4) is 0 Å². The van der Waals surface area contributed by atoms with Crippen molar-refractivity contribution in [2.75, 3.05) is 11.1 Å². The van der Waals surface area contributed by atoms with Gasteiger partial charge in [0.1, 0.15) is 0 Å². The molecule has 0 aliphatic carbocycles. The molecule has 0 aliphatic heterocycles. The fourth-order valence-electron chi connectivity index (χ4n) is 2.64. The fraction of sp³-hybridized carbons (Fsp3) is 0.0952. The summed E-state index contributed by atoms with van der Waals surface area (Å²) in [7, 11) is 0. The zero-order chi connectivity index (χ0) is 19.3. The number of hydrogen-bond acceptors (Lipinski definition) is 6. The molecule has 2 heterocycles. The van der Waals surface area contributed by atoms with Gasteiger partial charge >= 0.3 is 0 Å². The van der Waals surface area contributed by atoms with Gasteiger partial charge in [0.25, 0.3) is 0 Å². The van der Waals surface area contributed by atoms with Crippen molar-refractivity contribution in [3.63, 3.8) is 0 Å². The number of hydrogen-bond donors (Lipinski definition) is 1. The summed E-state index contributed by atoms with van der Waals surface area (Å²) in [6, 6.07) is 17.8. The van der Waals surface area contributed by atoms with Gasteiger partial charge in [0.15, 0.2) is 4.34 Å². The van der Waals surface area contributed by atoms with Gasteiger partial charge in [-0.2, -0.15) is 0 Å². The van der Waals surface area contributed by atoms with E-state index in [1.807, 2.05) is 72.3 Å². The zero-order valence-corrected chi connectivity index (χ0v) is 17.5. The molecule has 2 aromatic heterocycles. The number of thioether (sulfide) groups is 1. The van der Waals surface area contributed by atoms with Crippen molar-refractivity contribution in [1.82, 2.24) is 9.97 Å². The molecule has 4 nitrogen and oxygen atoms in total. The molecule has 0 saturated heterocycles. The summed E-state index contributed by atoms with van der Waals surface area (Å²) in [5, 5.41) is 8.04. The maximum absolute atomic E-state index is 12.3. The van der Waals surface area contributed by atoms with Crippen LogP contribution in [0.4, 0.5) is 5.69 Å². The predicted molar refractivity (Wildman–Crippen MR) is 119 cm³/mol. The Morgan fingerprint density at radius 1 is 0.964 bits per heavy atom. The maximum Gasteiger partial charge on any atom is 0.234 e. The number of thiazole rings is 2. The smallest absolute Gasteiger partial charge is 0.234 e. The summed E-state index contributed by atoms with van der Waals surface area (Å²) in [4.78, 5) is 21.5. The van der Waals surface area contributed by atoms with Gasteiger partial charge < -0.3 is 5.32 Å². The maximum atomic E-state index is 12.3. The van der Waals surface area contributed by atoms with Crippen LogP contribution < -0.4 is 5.32 Å². The molecule has 140 valence electrons. The number of aryl methyl sites for hydroxylation is 1. The van der Waals surface area contributed by atoms with E-state index in [-0.39, 0.29) is 5.91 Å². The highest BCUT2D eigenvalue weighted by atomic mass is 32.2. The minimum absolute atomic E-state index is 0.0481. The lowest BCUT2D eigenvalue weighted by Gasteiger charge is -2.06. The molecule has 4 aromatic rings. The lowest BCUT2D eigenvalue weighted by atomic mass is 10.1. The molecule has 1 amide bonds. The zero-order valence-electron chi connectivity index (χ0n) is 15.1. The van der Waals surface area contributed by atoms with Gasteiger partial charge in [0, 0.05) is 27.6 Å². The van der Waals surface area contributed by atoms with Crippen LogP contribution in [0.25, 0.3) is 22.5 Å². The van der Waals surface area contributed by atoms with Crippen molar-refractivity contribution in [3.05, 3.63) is 70.4 Å². The summed E-state index contributed by atoms with van der Waals surface area (Å²) in [5.74, 6) is 0.273. The molecule has 0 unspecified atom stereocenters. The molecular weight excluding hydrogens is 406 g/mol. The van der Waals surface area contributed by atoms with Gasteiger partial charge in [-0.15, -0.1) is 22.7 Å². The first-order valence-electron chi connectivity index (χ1n) is 8.63. The number of carbonyl (C=O) groups is 1. The van der Waals surface area contributed by atoms with Crippen molar-refractivity contribution >= 4 is 46.0 Å². The molecule has 0 fully saturated rings. The Kier molecular flexibility index (Phi) is 5.85. The van der Waals surface area contributed by atoms with Crippen LogP contribution in [-0.2, 0) is 4.79 Å². The minimum atomic E-state index is -0.0481. The highest BCUT2D eigenvalue weighted by Gasteiger charge is 2.09. The second kappa shape index (κ2) is 8.68. The Balaban J connectivity index is 1.36. The molecule has 4 rings (SSSR count). The van der Waals surface area contributed by atoms with Crippen LogP contribution >= 0.6 is 34.4 Å². The SMILES string of the molecule is Cc1nc(-c2cccc(NC(=O)CSc3nc(-c4ccccc4)cs3)c2)cs1. The van der Waals surface area contributed by atoms with Crippen LogP contribution in [0.1, 0.15) is 5.01 Å². The third-order valence-corrected chi connectivity index (χ3v) is 6.74. The molecule has 1 N–H and O–H groups in total. The summed E-state index contributed by atoms with van der Waals surface area (Å²) in [6.07, 6.45) is 0. The highest BCUT2D eigenvalue weighted by molar-refractivity contribution is 8.01. The molecule has 28 heavy (non-hydrogen) atoms. The van der Waals surface area contributed by atoms with E-state index in [1.165, 1.54) is 11.8 Å².